The molecule has 4 heteroatoms. The quantitative estimate of drug-likeness (QED) is 0.734. The number of anilines is 1. The van der Waals surface area contributed by atoms with Crippen LogP contribution < -0.4 is 15.2 Å². The summed E-state index contributed by atoms with van der Waals surface area (Å²) in [5, 5.41) is 0.994. The minimum Gasteiger partial charge on any atom is -0.494 e. The largest absolute Gasteiger partial charge is 0.494 e. The lowest BCUT2D eigenvalue weighted by Crippen LogP contribution is -1.92. The summed E-state index contributed by atoms with van der Waals surface area (Å²) in [4.78, 5) is 4.46. The molecule has 0 spiro atoms. The average molecular weight is 280 g/mol. The smallest absolute Gasteiger partial charge is 0.219 e. The second kappa shape index (κ2) is 5.71. The molecule has 0 bridgehead atoms. The van der Waals surface area contributed by atoms with Crippen LogP contribution in [0.1, 0.15) is 6.92 Å². The first-order chi connectivity index (χ1) is 10.2. The van der Waals surface area contributed by atoms with Gasteiger partial charge in [0, 0.05) is 17.1 Å². The number of nitrogens with zero attached hydrogens (tertiary/aromatic N) is 1. The van der Waals surface area contributed by atoms with Gasteiger partial charge in [-0.2, -0.15) is 0 Å². The summed E-state index contributed by atoms with van der Waals surface area (Å²) in [7, 11) is 0. The summed E-state index contributed by atoms with van der Waals surface area (Å²) < 4.78 is 11.1. The number of aromatic nitrogens is 1. The lowest BCUT2D eigenvalue weighted by Gasteiger charge is -2.07. The number of ether oxygens (including phenoxy) is 2. The van der Waals surface area contributed by atoms with Crippen molar-refractivity contribution in [2.75, 3.05) is 12.3 Å². The average Bonchev–Trinajstić information content (AvgIpc) is 2.50. The summed E-state index contributed by atoms with van der Waals surface area (Å²) in [5.74, 6) is 2.10. The maximum atomic E-state index is 5.75. The number of benzene rings is 2. The van der Waals surface area contributed by atoms with Gasteiger partial charge < -0.3 is 15.2 Å². The van der Waals surface area contributed by atoms with Crippen molar-refractivity contribution in [1.82, 2.24) is 4.98 Å². The highest BCUT2D eigenvalue weighted by molar-refractivity contribution is 5.82. The molecule has 4 nitrogen and oxygen atoms in total. The second-order valence-corrected chi connectivity index (χ2v) is 4.61. The Labute approximate surface area is 123 Å². The molecular formula is C17H16N2O2. The van der Waals surface area contributed by atoms with E-state index in [0.717, 1.165) is 28.1 Å². The predicted molar refractivity (Wildman–Crippen MR) is 83.8 cm³/mol. The molecule has 3 aromatic rings. The number of pyridine rings is 1. The lowest BCUT2D eigenvalue weighted by atomic mass is 10.2. The Balaban J connectivity index is 1.82. The van der Waals surface area contributed by atoms with Crippen molar-refractivity contribution >= 4 is 16.6 Å². The van der Waals surface area contributed by atoms with E-state index in [1.807, 2.05) is 61.5 Å². The highest BCUT2D eigenvalue weighted by Gasteiger charge is 2.02. The SMILES string of the molecule is CCOc1ccc(Oc2ccc3cc(N)ccc3n2)cc1. The fourth-order valence-electron chi connectivity index (χ4n) is 2.07. The van der Waals surface area contributed by atoms with Crippen molar-refractivity contribution in [3.8, 4) is 17.4 Å². The first-order valence-electron chi connectivity index (χ1n) is 6.81. The molecule has 0 aliphatic heterocycles. The summed E-state index contributed by atoms with van der Waals surface area (Å²) in [5.41, 5.74) is 7.33. The number of fused-ring (bicyclic) bond motifs is 1. The Morgan fingerprint density at radius 3 is 2.48 bits per heavy atom. The molecule has 0 radical (unpaired) electrons. The van der Waals surface area contributed by atoms with Crippen LogP contribution in [0.4, 0.5) is 5.69 Å². The van der Waals surface area contributed by atoms with Crippen LogP contribution in [0.5, 0.6) is 17.4 Å². The normalized spacial score (nSPS) is 10.5. The minimum absolute atomic E-state index is 0.552. The van der Waals surface area contributed by atoms with Crippen LogP contribution in [0.15, 0.2) is 54.6 Å². The summed E-state index contributed by atoms with van der Waals surface area (Å²) in [6.07, 6.45) is 0. The van der Waals surface area contributed by atoms with Crippen LogP contribution in [-0.2, 0) is 0 Å². The summed E-state index contributed by atoms with van der Waals surface area (Å²) >= 11 is 0. The molecule has 0 aliphatic carbocycles. The van der Waals surface area contributed by atoms with E-state index in [2.05, 4.69) is 4.98 Å². The molecule has 106 valence electrons. The van der Waals surface area contributed by atoms with Gasteiger partial charge in [0.2, 0.25) is 5.88 Å². The lowest BCUT2D eigenvalue weighted by molar-refractivity contribution is 0.339. The van der Waals surface area contributed by atoms with Gasteiger partial charge in [0.05, 0.1) is 12.1 Å². The van der Waals surface area contributed by atoms with E-state index >= 15 is 0 Å². The molecular weight excluding hydrogens is 264 g/mol. The number of rotatable bonds is 4. The first kappa shape index (κ1) is 13.2. The van der Waals surface area contributed by atoms with Gasteiger partial charge in [0.25, 0.3) is 0 Å². The van der Waals surface area contributed by atoms with Crippen LogP contribution in [0.25, 0.3) is 10.9 Å². The molecule has 0 saturated heterocycles. The van der Waals surface area contributed by atoms with Crippen molar-refractivity contribution in [3.63, 3.8) is 0 Å². The topological polar surface area (TPSA) is 57.4 Å². The maximum absolute atomic E-state index is 5.75. The molecule has 0 saturated carbocycles. The van der Waals surface area contributed by atoms with Crippen LogP contribution in [0.3, 0.4) is 0 Å². The highest BCUT2D eigenvalue weighted by atomic mass is 16.5. The zero-order chi connectivity index (χ0) is 14.7. The Kier molecular flexibility index (Phi) is 3.60. The minimum atomic E-state index is 0.552. The van der Waals surface area contributed by atoms with E-state index in [1.165, 1.54) is 0 Å². The van der Waals surface area contributed by atoms with Crippen LogP contribution in [-0.4, -0.2) is 11.6 Å². The van der Waals surface area contributed by atoms with Crippen molar-refractivity contribution in [2.45, 2.75) is 6.92 Å². The molecule has 0 amide bonds. The number of nitrogen functional groups attached to an aromatic ring is 1. The highest BCUT2D eigenvalue weighted by Crippen LogP contribution is 2.25. The molecule has 0 unspecified atom stereocenters. The third kappa shape index (κ3) is 3.05. The van der Waals surface area contributed by atoms with Gasteiger partial charge >= 0.3 is 0 Å². The Bertz CT molecular complexity index is 754. The van der Waals surface area contributed by atoms with Crippen LogP contribution in [0, 0.1) is 0 Å². The Morgan fingerprint density at radius 2 is 1.71 bits per heavy atom. The number of hydrogen-bond donors (Lipinski definition) is 1. The first-order valence-corrected chi connectivity index (χ1v) is 6.81. The van der Waals surface area contributed by atoms with Gasteiger partial charge in [-0.1, -0.05) is 0 Å². The Morgan fingerprint density at radius 1 is 0.952 bits per heavy atom. The van der Waals surface area contributed by atoms with Crippen LogP contribution in [0.2, 0.25) is 0 Å². The Hall–Kier alpha value is -2.75. The van der Waals surface area contributed by atoms with Crippen molar-refractivity contribution in [3.05, 3.63) is 54.6 Å². The molecule has 0 atom stereocenters. The third-order valence-electron chi connectivity index (χ3n) is 3.04. The molecule has 0 fully saturated rings. The van der Waals surface area contributed by atoms with E-state index in [0.29, 0.717) is 12.5 Å². The van der Waals surface area contributed by atoms with Crippen molar-refractivity contribution < 1.29 is 9.47 Å². The molecule has 1 aromatic heterocycles. The molecule has 1 heterocycles. The molecule has 0 aliphatic rings. The molecule has 21 heavy (non-hydrogen) atoms. The van der Waals surface area contributed by atoms with Gasteiger partial charge in [0.15, 0.2) is 0 Å². The molecule has 3 rings (SSSR count). The fourth-order valence-corrected chi connectivity index (χ4v) is 2.07. The van der Waals surface area contributed by atoms with E-state index in [-0.39, 0.29) is 0 Å². The molecule has 2 aromatic carbocycles. The monoisotopic (exact) mass is 280 g/mol. The number of nitrogens with two attached hydrogens (primary N) is 1. The standard InChI is InChI=1S/C17H16N2O2/c1-2-20-14-5-7-15(8-6-14)21-17-10-3-12-11-13(18)4-9-16(12)19-17/h3-11H,2,18H2,1H3. The number of hydrogen-bond acceptors (Lipinski definition) is 4. The van der Waals surface area contributed by atoms with Crippen LogP contribution >= 0.6 is 0 Å². The summed E-state index contributed by atoms with van der Waals surface area (Å²) in [6, 6.07) is 16.9. The third-order valence-corrected chi connectivity index (χ3v) is 3.04. The second-order valence-electron chi connectivity index (χ2n) is 4.61. The summed E-state index contributed by atoms with van der Waals surface area (Å²) in [6.45, 7) is 2.60. The molecule has 2 N–H and O–H groups in total. The van der Waals surface area contributed by atoms with Gasteiger partial charge in [-0.05, 0) is 55.5 Å². The van der Waals surface area contributed by atoms with Crippen molar-refractivity contribution in [1.29, 1.82) is 0 Å². The van der Waals surface area contributed by atoms with E-state index < -0.39 is 0 Å². The fraction of sp³-hybridized carbons (Fsp3) is 0.118. The van der Waals surface area contributed by atoms with Gasteiger partial charge in [-0.3, -0.25) is 0 Å². The van der Waals surface area contributed by atoms with Gasteiger partial charge in [-0.25, -0.2) is 4.98 Å². The van der Waals surface area contributed by atoms with E-state index in [1.54, 1.807) is 0 Å². The van der Waals surface area contributed by atoms with Gasteiger partial charge in [-0.15, -0.1) is 0 Å². The van der Waals surface area contributed by atoms with E-state index in [9.17, 15) is 0 Å². The van der Waals surface area contributed by atoms with Crippen molar-refractivity contribution in [2.24, 2.45) is 0 Å². The predicted octanol–water partition coefficient (Wildman–Crippen LogP) is 4.01. The van der Waals surface area contributed by atoms with Gasteiger partial charge in [0.1, 0.15) is 11.5 Å². The maximum Gasteiger partial charge on any atom is 0.219 e. The zero-order valence-corrected chi connectivity index (χ0v) is 11.7. The van der Waals surface area contributed by atoms with E-state index in [4.69, 9.17) is 15.2 Å². The zero-order valence-electron chi connectivity index (χ0n) is 11.7.